The lowest BCUT2D eigenvalue weighted by Gasteiger charge is -2.12. The molecule has 0 saturated heterocycles. The Morgan fingerprint density at radius 3 is 2.72 bits per heavy atom. The average molecular weight is 410 g/mol. The number of hydrogen-bond acceptors (Lipinski definition) is 5. The first-order valence-corrected chi connectivity index (χ1v) is 10.9. The highest BCUT2D eigenvalue weighted by Gasteiger charge is 2.38. The molecular formula is C21H22N4O3S. The molecule has 0 aliphatic carbocycles. The Hall–Kier alpha value is -2.97. The molecule has 0 fully saturated rings. The van der Waals surface area contributed by atoms with Crippen LogP contribution < -0.4 is 10.6 Å². The molecule has 2 heterocycles. The number of H-pyrrole nitrogens is 1. The molecule has 1 aliphatic rings. The van der Waals surface area contributed by atoms with Gasteiger partial charge in [0.2, 0.25) is 5.91 Å². The van der Waals surface area contributed by atoms with Crippen LogP contribution in [0, 0.1) is 13.8 Å². The molecule has 1 aromatic heterocycles. The monoisotopic (exact) mass is 410 g/mol. The molecule has 1 amide bonds. The van der Waals surface area contributed by atoms with E-state index >= 15 is 0 Å². The zero-order valence-corrected chi connectivity index (χ0v) is 17.0. The zero-order valence-electron chi connectivity index (χ0n) is 16.2. The van der Waals surface area contributed by atoms with Gasteiger partial charge in [-0.3, -0.25) is 15.2 Å². The lowest BCUT2D eigenvalue weighted by atomic mass is 10.1. The maximum Gasteiger partial charge on any atom is 0.230 e. The van der Waals surface area contributed by atoms with E-state index in [0.717, 1.165) is 16.7 Å². The number of anilines is 1. The van der Waals surface area contributed by atoms with Gasteiger partial charge in [0, 0.05) is 12.1 Å². The van der Waals surface area contributed by atoms with Crippen LogP contribution in [-0.2, 0) is 27.6 Å². The van der Waals surface area contributed by atoms with Crippen molar-refractivity contribution in [3.8, 4) is 0 Å². The minimum absolute atomic E-state index is 0.196. The van der Waals surface area contributed by atoms with Crippen LogP contribution in [0.25, 0.3) is 0 Å². The van der Waals surface area contributed by atoms with E-state index < -0.39 is 15.2 Å². The first-order chi connectivity index (χ1) is 13.9. The lowest BCUT2D eigenvalue weighted by molar-refractivity contribution is -0.115. The number of aromatic amines is 1. The highest BCUT2D eigenvalue weighted by molar-refractivity contribution is 7.91. The summed E-state index contributed by atoms with van der Waals surface area (Å²) in [4.78, 5) is 12.7. The number of aromatic nitrogens is 2. The second kappa shape index (κ2) is 7.46. The van der Waals surface area contributed by atoms with Crippen molar-refractivity contribution >= 4 is 21.6 Å². The Morgan fingerprint density at radius 1 is 1.17 bits per heavy atom. The summed E-state index contributed by atoms with van der Waals surface area (Å²) in [5, 5.41) is 11.9. The first-order valence-electron chi connectivity index (χ1n) is 9.31. The van der Waals surface area contributed by atoms with Crippen LogP contribution in [-0.4, -0.2) is 24.5 Å². The van der Waals surface area contributed by atoms with Crippen molar-refractivity contribution in [2.45, 2.75) is 37.1 Å². The Morgan fingerprint density at radius 2 is 1.97 bits per heavy atom. The molecule has 1 unspecified atom stereocenters. The van der Waals surface area contributed by atoms with E-state index in [9.17, 15) is 13.2 Å². The molecule has 0 spiro atoms. The van der Waals surface area contributed by atoms with Gasteiger partial charge >= 0.3 is 0 Å². The van der Waals surface area contributed by atoms with Gasteiger partial charge in [-0.2, -0.15) is 5.10 Å². The molecule has 0 saturated carbocycles. The maximum atomic E-state index is 13.1. The number of rotatable bonds is 5. The third-order valence-corrected chi connectivity index (χ3v) is 7.06. The number of amides is 1. The van der Waals surface area contributed by atoms with Gasteiger partial charge in [0.25, 0.3) is 0 Å². The summed E-state index contributed by atoms with van der Waals surface area (Å²) >= 11 is 0. The third kappa shape index (κ3) is 3.68. The summed E-state index contributed by atoms with van der Waals surface area (Å²) in [7, 11) is -3.64. The second-order valence-electron chi connectivity index (χ2n) is 7.24. The lowest BCUT2D eigenvalue weighted by Crippen LogP contribution is -2.23. The molecule has 4 rings (SSSR count). The number of fused-ring (bicyclic) bond motifs is 1. The summed E-state index contributed by atoms with van der Waals surface area (Å²) in [6, 6.07) is 14.5. The molecule has 0 bridgehead atoms. The van der Waals surface area contributed by atoms with Gasteiger partial charge in [-0.05, 0) is 42.7 Å². The van der Waals surface area contributed by atoms with Crippen molar-refractivity contribution in [2.24, 2.45) is 0 Å². The fourth-order valence-electron chi connectivity index (χ4n) is 3.53. The number of hydrogen-bond donors (Lipinski definition) is 3. The summed E-state index contributed by atoms with van der Waals surface area (Å²) in [5.41, 5.74) is 4.00. The average Bonchev–Trinajstić information content (AvgIpc) is 3.27. The van der Waals surface area contributed by atoms with Gasteiger partial charge in [0.05, 0.1) is 17.0 Å². The predicted octanol–water partition coefficient (Wildman–Crippen LogP) is 2.78. The summed E-state index contributed by atoms with van der Waals surface area (Å²) in [6.45, 7) is 4.12. The maximum absolute atomic E-state index is 13.1. The second-order valence-corrected chi connectivity index (χ2v) is 9.27. The molecule has 2 aromatic carbocycles. The smallest absolute Gasteiger partial charge is 0.230 e. The SMILES string of the molecule is Cc1cccc(S(=O)(=O)C2NCc3c(NC(=O)Cc4ccccc4C)n[nH]c32)c1. The van der Waals surface area contributed by atoms with Crippen LogP contribution in [0.1, 0.15) is 33.3 Å². The van der Waals surface area contributed by atoms with Crippen LogP contribution in [0.15, 0.2) is 53.4 Å². The molecule has 3 N–H and O–H groups in total. The Kier molecular flexibility index (Phi) is 4.97. The van der Waals surface area contributed by atoms with E-state index in [0.29, 0.717) is 23.6 Å². The molecule has 150 valence electrons. The van der Waals surface area contributed by atoms with Crippen molar-refractivity contribution in [1.29, 1.82) is 0 Å². The van der Waals surface area contributed by atoms with Crippen LogP contribution in [0.3, 0.4) is 0 Å². The van der Waals surface area contributed by atoms with Gasteiger partial charge in [0.1, 0.15) is 0 Å². The van der Waals surface area contributed by atoms with Gasteiger partial charge in [-0.15, -0.1) is 0 Å². The van der Waals surface area contributed by atoms with Crippen molar-refractivity contribution in [1.82, 2.24) is 15.5 Å². The molecule has 3 aromatic rings. The molecule has 1 aliphatic heterocycles. The topological polar surface area (TPSA) is 104 Å². The van der Waals surface area contributed by atoms with Crippen LogP contribution in [0.4, 0.5) is 5.82 Å². The fourth-order valence-corrected chi connectivity index (χ4v) is 5.22. The molecule has 1 atom stereocenters. The number of carbonyl (C=O) groups is 1. The van der Waals surface area contributed by atoms with E-state index in [2.05, 4.69) is 20.8 Å². The first kappa shape index (κ1) is 19.4. The highest BCUT2D eigenvalue weighted by Crippen LogP contribution is 2.35. The Balaban J connectivity index is 1.55. The predicted molar refractivity (Wildman–Crippen MR) is 110 cm³/mol. The molecule has 8 heteroatoms. The Bertz CT molecular complexity index is 1180. The minimum atomic E-state index is -3.64. The van der Waals surface area contributed by atoms with Gasteiger partial charge in [0.15, 0.2) is 21.0 Å². The molecular weight excluding hydrogens is 388 g/mol. The number of benzene rings is 2. The Labute approximate surface area is 169 Å². The zero-order chi connectivity index (χ0) is 20.6. The quantitative estimate of drug-likeness (QED) is 0.600. The van der Waals surface area contributed by atoms with E-state index in [1.165, 1.54) is 0 Å². The number of sulfone groups is 1. The number of nitrogens with zero attached hydrogens (tertiary/aromatic N) is 1. The van der Waals surface area contributed by atoms with Crippen molar-refractivity contribution in [2.75, 3.05) is 5.32 Å². The van der Waals surface area contributed by atoms with Gasteiger partial charge in [-0.25, -0.2) is 8.42 Å². The third-order valence-electron chi connectivity index (χ3n) is 5.12. The van der Waals surface area contributed by atoms with E-state index in [1.807, 2.05) is 44.2 Å². The van der Waals surface area contributed by atoms with Gasteiger partial charge < -0.3 is 5.32 Å². The standard InChI is InChI=1S/C21H22N4O3S/c1-13-6-5-9-16(10-13)29(27,28)21-19-17(12-22-21)20(25-24-19)23-18(26)11-15-8-4-3-7-14(15)2/h3-10,21-22H,11-12H2,1-2H3,(H2,23,24,25,26). The van der Waals surface area contributed by atoms with Crippen molar-refractivity contribution in [3.05, 3.63) is 76.5 Å². The summed E-state index contributed by atoms with van der Waals surface area (Å²) in [5.74, 6) is 0.173. The van der Waals surface area contributed by atoms with E-state index in [4.69, 9.17) is 0 Å². The number of nitrogens with one attached hydrogen (secondary N) is 3. The van der Waals surface area contributed by atoms with Gasteiger partial charge in [-0.1, -0.05) is 36.4 Å². The van der Waals surface area contributed by atoms with E-state index in [1.54, 1.807) is 18.2 Å². The van der Waals surface area contributed by atoms with E-state index in [-0.39, 0.29) is 17.2 Å². The van der Waals surface area contributed by atoms with Crippen molar-refractivity contribution in [3.63, 3.8) is 0 Å². The summed E-state index contributed by atoms with van der Waals surface area (Å²) in [6.07, 6.45) is 0.229. The largest absolute Gasteiger partial charge is 0.309 e. The number of aryl methyl sites for hydroxylation is 2. The molecule has 7 nitrogen and oxygen atoms in total. The van der Waals surface area contributed by atoms with Crippen molar-refractivity contribution < 1.29 is 13.2 Å². The summed E-state index contributed by atoms with van der Waals surface area (Å²) < 4.78 is 26.1. The fraction of sp³-hybridized carbons (Fsp3) is 0.238. The molecule has 0 radical (unpaired) electrons. The van der Waals surface area contributed by atoms with Crippen LogP contribution in [0.5, 0.6) is 0 Å². The normalized spacial score (nSPS) is 15.9. The van der Waals surface area contributed by atoms with Crippen LogP contribution >= 0.6 is 0 Å². The molecule has 29 heavy (non-hydrogen) atoms. The number of carbonyl (C=O) groups excluding carboxylic acids is 1. The highest BCUT2D eigenvalue weighted by atomic mass is 32.2. The minimum Gasteiger partial charge on any atom is -0.309 e. The van der Waals surface area contributed by atoms with Crippen LogP contribution in [0.2, 0.25) is 0 Å².